The number of hydrogen-bond acceptors (Lipinski definition) is 4. The summed E-state index contributed by atoms with van der Waals surface area (Å²) >= 11 is 4.87. The summed E-state index contributed by atoms with van der Waals surface area (Å²) in [4.78, 5) is 17.0. The third-order valence-electron chi connectivity index (χ3n) is 5.44. The molecule has 1 N–H and O–H groups in total. The molecule has 1 unspecified atom stereocenters. The Morgan fingerprint density at radius 1 is 1.19 bits per heavy atom. The molecule has 1 amide bonds. The molecule has 31 heavy (non-hydrogen) atoms. The smallest absolute Gasteiger partial charge is 0.225 e. The number of rotatable bonds is 6. The third-order valence-corrected chi connectivity index (χ3v) is 6.96. The van der Waals surface area contributed by atoms with Crippen LogP contribution in [0.15, 0.2) is 70.2 Å². The summed E-state index contributed by atoms with van der Waals surface area (Å²) in [6, 6.07) is 22.4. The standard InChI is InChI=1S/C25H22BrN3OS/c26-21-7-9-22(10-8-21)28-24(30)12-13-31-25-20(16-27)15-19-14-18(6-11-23(19)29-25)17-4-2-1-3-5-17/h1-5,7-10,15,18H,6,11-14H2,(H,28,30). The summed E-state index contributed by atoms with van der Waals surface area (Å²) in [7, 11) is 0. The number of thioether (sulfide) groups is 1. The summed E-state index contributed by atoms with van der Waals surface area (Å²) in [5.41, 5.74) is 4.99. The first-order valence-corrected chi connectivity index (χ1v) is 12.1. The van der Waals surface area contributed by atoms with Gasteiger partial charge in [0.05, 0.1) is 5.56 Å². The largest absolute Gasteiger partial charge is 0.326 e. The van der Waals surface area contributed by atoms with Gasteiger partial charge in [0.1, 0.15) is 11.1 Å². The zero-order chi connectivity index (χ0) is 21.6. The lowest BCUT2D eigenvalue weighted by molar-refractivity contribution is -0.115. The van der Waals surface area contributed by atoms with Gasteiger partial charge in [-0.3, -0.25) is 4.79 Å². The Labute approximate surface area is 195 Å². The maximum Gasteiger partial charge on any atom is 0.225 e. The van der Waals surface area contributed by atoms with Crippen LogP contribution in [0.2, 0.25) is 0 Å². The average Bonchev–Trinajstić information content (AvgIpc) is 2.80. The number of halogens is 1. The highest BCUT2D eigenvalue weighted by Crippen LogP contribution is 2.34. The Morgan fingerprint density at radius 3 is 2.71 bits per heavy atom. The monoisotopic (exact) mass is 491 g/mol. The number of fused-ring (bicyclic) bond motifs is 1. The minimum absolute atomic E-state index is 0.0445. The zero-order valence-corrected chi connectivity index (χ0v) is 19.4. The molecule has 3 aromatic rings. The van der Waals surface area contributed by atoms with Gasteiger partial charge in [0.25, 0.3) is 0 Å². The Kier molecular flexibility index (Phi) is 7.06. The lowest BCUT2D eigenvalue weighted by atomic mass is 9.82. The van der Waals surface area contributed by atoms with E-state index in [0.29, 0.717) is 23.7 Å². The van der Waals surface area contributed by atoms with Crippen molar-refractivity contribution in [3.05, 3.63) is 87.5 Å². The van der Waals surface area contributed by atoms with Crippen molar-refractivity contribution in [3.63, 3.8) is 0 Å². The van der Waals surface area contributed by atoms with E-state index < -0.39 is 0 Å². The maximum absolute atomic E-state index is 12.2. The molecule has 0 radical (unpaired) electrons. The lowest BCUT2D eigenvalue weighted by Gasteiger charge is -2.25. The molecular formula is C25H22BrN3OS. The molecule has 1 aliphatic carbocycles. The van der Waals surface area contributed by atoms with E-state index in [1.54, 1.807) is 0 Å². The molecule has 0 saturated carbocycles. The minimum atomic E-state index is -0.0445. The van der Waals surface area contributed by atoms with E-state index in [1.807, 2.05) is 36.4 Å². The quantitative estimate of drug-likeness (QED) is 0.422. The van der Waals surface area contributed by atoms with Crippen molar-refractivity contribution in [1.82, 2.24) is 4.98 Å². The number of nitrogens with zero attached hydrogens (tertiary/aromatic N) is 2. The van der Waals surface area contributed by atoms with Crippen LogP contribution in [0.3, 0.4) is 0 Å². The van der Waals surface area contributed by atoms with Crippen LogP contribution < -0.4 is 5.32 Å². The second-order valence-electron chi connectivity index (χ2n) is 7.56. The molecule has 1 atom stereocenters. The number of nitriles is 1. The fourth-order valence-corrected chi connectivity index (χ4v) is 5.02. The number of aryl methyl sites for hydroxylation is 1. The van der Waals surface area contributed by atoms with Crippen molar-refractivity contribution in [1.29, 1.82) is 5.26 Å². The fraction of sp³-hybridized carbons (Fsp3) is 0.240. The Bertz CT molecular complexity index is 1110. The third kappa shape index (κ3) is 5.55. The first kappa shape index (κ1) is 21.6. The molecule has 1 aromatic heterocycles. The van der Waals surface area contributed by atoms with Gasteiger partial charge >= 0.3 is 0 Å². The highest BCUT2D eigenvalue weighted by atomic mass is 79.9. The van der Waals surface area contributed by atoms with E-state index in [9.17, 15) is 10.1 Å². The van der Waals surface area contributed by atoms with Crippen LogP contribution in [0.5, 0.6) is 0 Å². The number of pyridine rings is 1. The molecule has 4 rings (SSSR count). The molecule has 1 heterocycles. The Morgan fingerprint density at radius 2 is 1.97 bits per heavy atom. The van der Waals surface area contributed by atoms with E-state index in [4.69, 9.17) is 4.98 Å². The summed E-state index contributed by atoms with van der Waals surface area (Å²) < 4.78 is 0.971. The van der Waals surface area contributed by atoms with Gasteiger partial charge in [-0.1, -0.05) is 46.3 Å². The van der Waals surface area contributed by atoms with Gasteiger partial charge in [-0.05, 0) is 66.6 Å². The van der Waals surface area contributed by atoms with Crippen LogP contribution in [-0.2, 0) is 17.6 Å². The molecule has 0 aliphatic heterocycles. The molecule has 1 aliphatic rings. The summed E-state index contributed by atoms with van der Waals surface area (Å²) in [6.45, 7) is 0. The number of carbonyl (C=O) groups is 1. The second kappa shape index (κ2) is 10.1. The predicted octanol–water partition coefficient (Wildman–Crippen LogP) is 6.11. The SMILES string of the molecule is N#Cc1cc2c(nc1SCCC(=O)Nc1ccc(Br)cc1)CCC(c1ccccc1)C2. The van der Waals surface area contributed by atoms with Crippen molar-refractivity contribution >= 4 is 39.3 Å². The Hall–Kier alpha value is -2.62. The molecule has 0 spiro atoms. The molecule has 156 valence electrons. The highest BCUT2D eigenvalue weighted by molar-refractivity contribution is 9.10. The van der Waals surface area contributed by atoms with Gasteiger partial charge in [0, 0.05) is 28.0 Å². The summed E-state index contributed by atoms with van der Waals surface area (Å²) in [6.07, 6.45) is 3.26. The molecule has 0 bridgehead atoms. The van der Waals surface area contributed by atoms with Gasteiger partial charge < -0.3 is 5.32 Å². The summed E-state index contributed by atoms with van der Waals surface area (Å²) in [5, 5.41) is 13.3. The van der Waals surface area contributed by atoms with Crippen LogP contribution >= 0.6 is 27.7 Å². The molecular weight excluding hydrogens is 470 g/mol. The molecule has 4 nitrogen and oxygen atoms in total. The minimum Gasteiger partial charge on any atom is -0.326 e. The van der Waals surface area contributed by atoms with Crippen molar-refractivity contribution < 1.29 is 4.79 Å². The normalized spacial score (nSPS) is 15.0. The molecule has 6 heteroatoms. The van der Waals surface area contributed by atoms with Crippen LogP contribution in [0, 0.1) is 11.3 Å². The van der Waals surface area contributed by atoms with Crippen molar-refractivity contribution in [2.24, 2.45) is 0 Å². The maximum atomic E-state index is 12.2. The second-order valence-corrected chi connectivity index (χ2v) is 9.56. The number of nitrogens with one attached hydrogen (secondary N) is 1. The van der Waals surface area contributed by atoms with Crippen molar-refractivity contribution in [3.8, 4) is 6.07 Å². The van der Waals surface area contributed by atoms with Gasteiger partial charge in [-0.15, -0.1) is 11.8 Å². The summed E-state index contributed by atoms with van der Waals surface area (Å²) in [5.74, 6) is 1.01. The van der Waals surface area contributed by atoms with Gasteiger partial charge in [-0.25, -0.2) is 4.98 Å². The van der Waals surface area contributed by atoms with E-state index in [-0.39, 0.29) is 5.91 Å². The number of aromatic nitrogens is 1. The average molecular weight is 492 g/mol. The van der Waals surface area contributed by atoms with Crippen molar-refractivity contribution in [2.75, 3.05) is 11.1 Å². The van der Waals surface area contributed by atoms with Crippen LogP contribution in [-0.4, -0.2) is 16.6 Å². The number of anilines is 1. The zero-order valence-electron chi connectivity index (χ0n) is 17.0. The predicted molar refractivity (Wildman–Crippen MR) is 128 cm³/mol. The molecule has 0 fully saturated rings. The van der Waals surface area contributed by atoms with E-state index in [0.717, 1.165) is 40.1 Å². The van der Waals surface area contributed by atoms with E-state index >= 15 is 0 Å². The van der Waals surface area contributed by atoms with Gasteiger partial charge in [0.15, 0.2) is 0 Å². The number of hydrogen-bond donors (Lipinski definition) is 1. The van der Waals surface area contributed by atoms with Gasteiger partial charge in [-0.2, -0.15) is 5.26 Å². The highest BCUT2D eigenvalue weighted by Gasteiger charge is 2.23. The Balaban J connectivity index is 1.38. The first-order chi connectivity index (χ1) is 15.1. The number of benzene rings is 2. The van der Waals surface area contributed by atoms with Crippen LogP contribution in [0.4, 0.5) is 5.69 Å². The molecule has 0 saturated heterocycles. The topological polar surface area (TPSA) is 65.8 Å². The van der Waals surface area contributed by atoms with Crippen molar-refractivity contribution in [2.45, 2.75) is 36.6 Å². The fourth-order valence-electron chi connectivity index (χ4n) is 3.84. The molecule has 2 aromatic carbocycles. The van der Waals surface area contributed by atoms with E-state index in [1.165, 1.54) is 22.9 Å². The number of carbonyl (C=O) groups excluding carboxylic acids is 1. The number of amides is 1. The van der Waals surface area contributed by atoms with Gasteiger partial charge in [0.2, 0.25) is 5.91 Å². The van der Waals surface area contributed by atoms with E-state index in [2.05, 4.69) is 51.6 Å². The van der Waals surface area contributed by atoms with Crippen LogP contribution in [0.1, 0.15) is 41.1 Å². The van der Waals surface area contributed by atoms with Crippen LogP contribution in [0.25, 0.3) is 0 Å². The first-order valence-electron chi connectivity index (χ1n) is 10.3. The lowest BCUT2D eigenvalue weighted by Crippen LogP contribution is -2.15.